The molecule has 5 heteroatoms. The van der Waals surface area contributed by atoms with Crippen molar-refractivity contribution in [2.75, 3.05) is 6.61 Å². The van der Waals surface area contributed by atoms with E-state index in [4.69, 9.17) is 21.1 Å². The van der Waals surface area contributed by atoms with Crippen LogP contribution in [0.15, 0.2) is 24.3 Å². The van der Waals surface area contributed by atoms with Crippen LogP contribution in [-0.2, 0) is 14.3 Å². The van der Waals surface area contributed by atoms with E-state index in [0.717, 1.165) is 12.8 Å². The molecule has 1 aromatic carbocycles. The third-order valence-electron chi connectivity index (χ3n) is 3.20. The maximum atomic E-state index is 12.1. The Morgan fingerprint density at radius 1 is 1.14 bits per heavy atom. The Balaban J connectivity index is 2.54. The van der Waals surface area contributed by atoms with E-state index in [2.05, 4.69) is 13.8 Å². The number of ether oxygens (including phenoxy) is 2. The number of hydrogen-bond acceptors (Lipinski definition) is 4. The van der Waals surface area contributed by atoms with Crippen molar-refractivity contribution in [3.63, 3.8) is 0 Å². The summed E-state index contributed by atoms with van der Waals surface area (Å²) in [5.74, 6) is -0.324. The first kappa shape index (κ1) is 18.5. The average molecular weight is 327 g/mol. The quantitative estimate of drug-likeness (QED) is 0.325. The number of hydrogen-bond donors (Lipinski definition) is 0. The molecule has 122 valence electrons. The lowest BCUT2D eigenvalue weighted by molar-refractivity contribution is -0.164. The van der Waals surface area contributed by atoms with E-state index in [1.807, 2.05) is 0 Å². The third kappa shape index (κ3) is 5.68. The molecular formula is C17H23ClO4. The van der Waals surface area contributed by atoms with Gasteiger partial charge in [-0.25, -0.2) is 0 Å². The molecule has 0 aliphatic heterocycles. The molecule has 22 heavy (non-hydrogen) atoms. The molecule has 0 fully saturated rings. The minimum Gasteiger partial charge on any atom is -0.465 e. The lowest BCUT2D eigenvalue weighted by atomic mass is 9.94. The van der Waals surface area contributed by atoms with Gasteiger partial charge in [0.05, 0.1) is 6.61 Å². The van der Waals surface area contributed by atoms with Gasteiger partial charge in [-0.05, 0) is 56.9 Å². The molecule has 0 aliphatic rings. The molecule has 0 saturated carbocycles. The minimum atomic E-state index is -1.35. The van der Waals surface area contributed by atoms with Crippen LogP contribution in [0.5, 0.6) is 5.75 Å². The summed E-state index contributed by atoms with van der Waals surface area (Å²) in [4.78, 5) is 24.2. The smallest absolute Gasteiger partial charge is 0.328 e. The molecule has 0 amide bonds. The molecule has 1 rings (SSSR count). The Morgan fingerprint density at radius 3 is 2.27 bits per heavy atom. The van der Waals surface area contributed by atoms with Gasteiger partial charge >= 0.3 is 11.9 Å². The van der Waals surface area contributed by atoms with Crippen molar-refractivity contribution in [1.29, 1.82) is 0 Å². The highest BCUT2D eigenvalue weighted by Gasteiger charge is 2.39. The van der Waals surface area contributed by atoms with Gasteiger partial charge in [0, 0.05) is 5.02 Å². The van der Waals surface area contributed by atoms with Gasteiger partial charge < -0.3 is 9.47 Å². The second-order valence-corrected chi connectivity index (χ2v) is 6.58. The van der Waals surface area contributed by atoms with Crippen LogP contribution in [0.25, 0.3) is 0 Å². The second kappa shape index (κ2) is 8.18. The SMILES string of the molecule is CC(C)CCCOC(=O)C(C)(C)C(=O)Oc1ccc(Cl)cc1. The predicted octanol–water partition coefficient (Wildman–Crippen LogP) is 4.25. The molecule has 0 aliphatic carbocycles. The fourth-order valence-electron chi connectivity index (χ4n) is 1.66. The zero-order chi connectivity index (χ0) is 16.8. The summed E-state index contributed by atoms with van der Waals surface area (Å²) < 4.78 is 10.4. The lowest BCUT2D eigenvalue weighted by Gasteiger charge is -2.20. The molecular weight excluding hydrogens is 304 g/mol. The topological polar surface area (TPSA) is 52.6 Å². The van der Waals surface area contributed by atoms with E-state index < -0.39 is 17.4 Å². The zero-order valence-electron chi connectivity index (χ0n) is 13.5. The Bertz CT molecular complexity index is 506. The van der Waals surface area contributed by atoms with Crippen molar-refractivity contribution in [3.8, 4) is 5.75 Å². The fraction of sp³-hybridized carbons (Fsp3) is 0.529. The molecule has 0 atom stereocenters. The highest BCUT2D eigenvalue weighted by molar-refractivity contribution is 6.30. The first-order valence-corrected chi connectivity index (χ1v) is 7.76. The number of halogens is 1. The Morgan fingerprint density at radius 2 is 1.73 bits per heavy atom. The number of carbonyl (C=O) groups is 2. The second-order valence-electron chi connectivity index (χ2n) is 6.14. The highest BCUT2D eigenvalue weighted by Crippen LogP contribution is 2.23. The zero-order valence-corrected chi connectivity index (χ0v) is 14.3. The minimum absolute atomic E-state index is 0.314. The van der Waals surface area contributed by atoms with E-state index in [1.165, 1.54) is 13.8 Å². The summed E-state index contributed by atoms with van der Waals surface area (Å²) in [5, 5.41) is 0.545. The summed E-state index contributed by atoms with van der Waals surface area (Å²) >= 11 is 5.77. The predicted molar refractivity (Wildman–Crippen MR) is 85.9 cm³/mol. The van der Waals surface area contributed by atoms with Crippen molar-refractivity contribution < 1.29 is 19.1 Å². The first-order chi connectivity index (χ1) is 10.2. The molecule has 0 aromatic heterocycles. The van der Waals surface area contributed by atoms with E-state index in [1.54, 1.807) is 24.3 Å². The van der Waals surface area contributed by atoms with Gasteiger partial charge in [0.1, 0.15) is 5.75 Å². The molecule has 0 unspecified atom stereocenters. The van der Waals surface area contributed by atoms with Crippen molar-refractivity contribution in [2.24, 2.45) is 11.3 Å². The Hall–Kier alpha value is -1.55. The summed E-state index contributed by atoms with van der Waals surface area (Å²) in [5.41, 5.74) is -1.35. The molecule has 0 radical (unpaired) electrons. The van der Waals surface area contributed by atoms with E-state index in [-0.39, 0.29) is 0 Å². The summed E-state index contributed by atoms with van der Waals surface area (Å²) in [6.45, 7) is 7.52. The summed E-state index contributed by atoms with van der Waals surface area (Å²) in [6, 6.07) is 6.37. The van der Waals surface area contributed by atoms with E-state index >= 15 is 0 Å². The van der Waals surface area contributed by atoms with Crippen LogP contribution in [0.3, 0.4) is 0 Å². The number of esters is 2. The highest BCUT2D eigenvalue weighted by atomic mass is 35.5. The van der Waals surface area contributed by atoms with Crippen molar-refractivity contribution >= 4 is 23.5 Å². The Kier molecular flexibility index (Phi) is 6.88. The van der Waals surface area contributed by atoms with Gasteiger partial charge in [-0.3, -0.25) is 9.59 Å². The standard InChI is InChI=1S/C17H23ClO4/c1-12(2)6-5-11-21-15(19)17(3,4)16(20)22-14-9-7-13(18)8-10-14/h7-10,12H,5-6,11H2,1-4H3. The van der Waals surface area contributed by atoms with E-state index in [0.29, 0.717) is 23.3 Å². The summed E-state index contributed by atoms with van der Waals surface area (Å²) in [7, 11) is 0. The number of carbonyl (C=O) groups excluding carboxylic acids is 2. The van der Waals surface area contributed by atoms with Crippen LogP contribution < -0.4 is 4.74 Å². The third-order valence-corrected chi connectivity index (χ3v) is 3.46. The van der Waals surface area contributed by atoms with Gasteiger partial charge in [0.15, 0.2) is 5.41 Å². The first-order valence-electron chi connectivity index (χ1n) is 7.38. The molecule has 0 N–H and O–H groups in total. The Labute approximate surface area is 136 Å². The molecule has 1 aromatic rings. The molecule has 0 bridgehead atoms. The van der Waals surface area contributed by atoms with Crippen LogP contribution in [0.2, 0.25) is 5.02 Å². The van der Waals surface area contributed by atoms with Gasteiger partial charge in [-0.15, -0.1) is 0 Å². The van der Waals surface area contributed by atoms with Crippen molar-refractivity contribution in [3.05, 3.63) is 29.3 Å². The maximum Gasteiger partial charge on any atom is 0.328 e. The monoisotopic (exact) mass is 326 g/mol. The van der Waals surface area contributed by atoms with Gasteiger partial charge in [-0.1, -0.05) is 25.4 Å². The molecule has 0 heterocycles. The molecule has 0 saturated heterocycles. The fourth-order valence-corrected chi connectivity index (χ4v) is 1.78. The van der Waals surface area contributed by atoms with Gasteiger partial charge in [-0.2, -0.15) is 0 Å². The van der Waals surface area contributed by atoms with Crippen LogP contribution in [0.4, 0.5) is 0 Å². The number of benzene rings is 1. The number of rotatable bonds is 7. The molecule has 4 nitrogen and oxygen atoms in total. The largest absolute Gasteiger partial charge is 0.465 e. The normalized spacial score (nSPS) is 11.4. The lowest BCUT2D eigenvalue weighted by Crippen LogP contribution is -2.38. The average Bonchev–Trinajstić information content (AvgIpc) is 2.45. The van der Waals surface area contributed by atoms with Crippen LogP contribution in [-0.4, -0.2) is 18.5 Å². The van der Waals surface area contributed by atoms with E-state index in [9.17, 15) is 9.59 Å². The van der Waals surface area contributed by atoms with Crippen LogP contribution >= 0.6 is 11.6 Å². The van der Waals surface area contributed by atoms with Gasteiger partial charge in [0.2, 0.25) is 0 Å². The van der Waals surface area contributed by atoms with Crippen molar-refractivity contribution in [1.82, 2.24) is 0 Å². The summed E-state index contributed by atoms with van der Waals surface area (Å²) in [6.07, 6.45) is 1.76. The van der Waals surface area contributed by atoms with Gasteiger partial charge in [0.25, 0.3) is 0 Å². The van der Waals surface area contributed by atoms with Crippen molar-refractivity contribution in [2.45, 2.75) is 40.5 Å². The molecule has 0 spiro atoms. The maximum absolute atomic E-state index is 12.1. The van der Waals surface area contributed by atoms with Crippen LogP contribution in [0.1, 0.15) is 40.5 Å². The van der Waals surface area contributed by atoms with Crippen LogP contribution in [0, 0.1) is 11.3 Å².